The topological polar surface area (TPSA) is 42.4 Å². The van der Waals surface area contributed by atoms with Gasteiger partial charge >= 0.3 is 0 Å². The SMILES string of the molecule is O=C(CCc1nccs1)N1CCO[C@H](c2ccc(Cl)cc2)C1. The quantitative estimate of drug-likeness (QED) is 0.860. The summed E-state index contributed by atoms with van der Waals surface area (Å²) in [7, 11) is 0. The van der Waals surface area contributed by atoms with Gasteiger partial charge in [0.05, 0.1) is 18.2 Å². The van der Waals surface area contributed by atoms with E-state index in [4.69, 9.17) is 16.3 Å². The fourth-order valence-electron chi connectivity index (χ4n) is 2.50. The van der Waals surface area contributed by atoms with Crippen molar-refractivity contribution in [3.05, 3.63) is 51.4 Å². The first-order valence-corrected chi connectivity index (χ1v) is 8.51. The molecule has 0 N–H and O–H groups in total. The largest absolute Gasteiger partial charge is 0.370 e. The highest BCUT2D eigenvalue weighted by Crippen LogP contribution is 2.24. The van der Waals surface area contributed by atoms with Crippen molar-refractivity contribution < 1.29 is 9.53 Å². The second-order valence-corrected chi connectivity index (χ2v) is 6.59. The molecule has 1 saturated heterocycles. The van der Waals surface area contributed by atoms with E-state index < -0.39 is 0 Å². The van der Waals surface area contributed by atoms with Crippen LogP contribution in [0.4, 0.5) is 0 Å². The van der Waals surface area contributed by atoms with Crippen molar-refractivity contribution in [2.75, 3.05) is 19.7 Å². The first-order chi connectivity index (χ1) is 10.7. The Bertz CT molecular complexity index is 616. The Hall–Kier alpha value is -1.43. The molecule has 1 aliphatic rings. The number of carbonyl (C=O) groups excluding carboxylic acids is 1. The maximum Gasteiger partial charge on any atom is 0.223 e. The molecule has 1 aliphatic heterocycles. The summed E-state index contributed by atoms with van der Waals surface area (Å²) in [5.74, 6) is 0.164. The summed E-state index contributed by atoms with van der Waals surface area (Å²) in [5, 5.41) is 3.65. The maximum absolute atomic E-state index is 12.4. The predicted molar refractivity (Wildman–Crippen MR) is 87.2 cm³/mol. The maximum atomic E-state index is 12.4. The lowest BCUT2D eigenvalue weighted by atomic mass is 10.1. The molecule has 6 heteroatoms. The number of amides is 1. The normalized spacial score (nSPS) is 18.4. The minimum absolute atomic E-state index is 0.0742. The molecule has 0 aliphatic carbocycles. The molecule has 4 nitrogen and oxygen atoms in total. The van der Waals surface area contributed by atoms with Gasteiger partial charge in [-0.25, -0.2) is 4.98 Å². The molecule has 1 aromatic heterocycles. The third kappa shape index (κ3) is 3.85. The molecule has 2 aromatic rings. The summed E-state index contributed by atoms with van der Waals surface area (Å²) in [6.07, 6.45) is 2.91. The van der Waals surface area contributed by atoms with Gasteiger partial charge in [0.15, 0.2) is 0 Å². The van der Waals surface area contributed by atoms with Crippen LogP contribution in [0.25, 0.3) is 0 Å². The van der Waals surface area contributed by atoms with Gasteiger partial charge in [-0.2, -0.15) is 0 Å². The number of carbonyl (C=O) groups is 1. The molecular weight excluding hydrogens is 320 g/mol. The first-order valence-electron chi connectivity index (χ1n) is 7.25. The number of aromatic nitrogens is 1. The lowest BCUT2D eigenvalue weighted by molar-refractivity contribution is -0.139. The van der Waals surface area contributed by atoms with Crippen molar-refractivity contribution in [3.63, 3.8) is 0 Å². The molecule has 3 rings (SSSR count). The third-order valence-corrected chi connectivity index (χ3v) is 4.79. The average Bonchev–Trinajstić information content (AvgIpc) is 3.07. The zero-order valence-corrected chi connectivity index (χ0v) is 13.6. The van der Waals surface area contributed by atoms with Crippen LogP contribution in [0.15, 0.2) is 35.8 Å². The van der Waals surface area contributed by atoms with Crippen molar-refractivity contribution >= 4 is 28.8 Å². The summed E-state index contributed by atoms with van der Waals surface area (Å²) in [6, 6.07) is 7.61. The first kappa shape index (κ1) is 15.5. The Morgan fingerprint density at radius 3 is 2.95 bits per heavy atom. The summed E-state index contributed by atoms with van der Waals surface area (Å²) in [4.78, 5) is 18.5. The average molecular weight is 337 g/mol. The molecule has 0 radical (unpaired) electrons. The third-order valence-electron chi connectivity index (χ3n) is 3.70. The Morgan fingerprint density at radius 2 is 2.23 bits per heavy atom. The zero-order valence-electron chi connectivity index (χ0n) is 12.1. The van der Waals surface area contributed by atoms with Crippen LogP contribution in [-0.2, 0) is 16.0 Å². The Morgan fingerprint density at radius 1 is 1.41 bits per heavy atom. The summed E-state index contributed by atoms with van der Waals surface area (Å²) >= 11 is 7.50. The fourth-order valence-corrected chi connectivity index (χ4v) is 3.25. The molecule has 1 fully saturated rings. The standard InChI is InChI=1S/C16H17ClN2O2S/c17-13-3-1-12(2-4-13)14-11-19(8-9-21-14)16(20)6-5-15-18-7-10-22-15/h1-4,7,10,14H,5-6,8-9,11H2/t14-/m0/s1. The van der Waals surface area contributed by atoms with E-state index in [0.29, 0.717) is 37.6 Å². The van der Waals surface area contributed by atoms with Crippen LogP contribution in [-0.4, -0.2) is 35.5 Å². The Labute approximate surface area is 138 Å². The van der Waals surface area contributed by atoms with Crippen LogP contribution >= 0.6 is 22.9 Å². The van der Waals surface area contributed by atoms with Gasteiger partial charge in [0.2, 0.25) is 5.91 Å². The van der Waals surface area contributed by atoms with Crippen LogP contribution in [0.1, 0.15) is 23.1 Å². The van der Waals surface area contributed by atoms with Gasteiger partial charge in [0, 0.05) is 36.0 Å². The van der Waals surface area contributed by atoms with E-state index in [2.05, 4.69) is 4.98 Å². The van der Waals surface area contributed by atoms with E-state index in [0.717, 1.165) is 10.6 Å². The van der Waals surface area contributed by atoms with Crippen molar-refractivity contribution in [3.8, 4) is 0 Å². The molecule has 1 amide bonds. The fraction of sp³-hybridized carbons (Fsp3) is 0.375. The smallest absolute Gasteiger partial charge is 0.223 e. The van der Waals surface area contributed by atoms with E-state index in [1.165, 1.54) is 0 Å². The molecule has 0 bridgehead atoms. The van der Waals surface area contributed by atoms with Crippen molar-refractivity contribution in [1.82, 2.24) is 9.88 Å². The number of halogens is 1. The number of aryl methyl sites for hydroxylation is 1. The number of benzene rings is 1. The van der Waals surface area contributed by atoms with Gasteiger partial charge < -0.3 is 9.64 Å². The van der Waals surface area contributed by atoms with E-state index >= 15 is 0 Å². The van der Waals surface area contributed by atoms with E-state index in [1.54, 1.807) is 17.5 Å². The zero-order chi connectivity index (χ0) is 15.4. The molecule has 0 spiro atoms. The summed E-state index contributed by atoms with van der Waals surface area (Å²) < 4.78 is 5.79. The van der Waals surface area contributed by atoms with Crippen molar-refractivity contribution in [2.24, 2.45) is 0 Å². The van der Waals surface area contributed by atoms with E-state index in [-0.39, 0.29) is 12.0 Å². The van der Waals surface area contributed by atoms with Gasteiger partial charge in [0.25, 0.3) is 0 Å². The highest BCUT2D eigenvalue weighted by atomic mass is 35.5. The van der Waals surface area contributed by atoms with Crippen LogP contribution in [0.2, 0.25) is 5.02 Å². The number of hydrogen-bond donors (Lipinski definition) is 0. The van der Waals surface area contributed by atoms with Crippen molar-refractivity contribution in [1.29, 1.82) is 0 Å². The van der Waals surface area contributed by atoms with Crippen LogP contribution in [0, 0.1) is 0 Å². The number of nitrogens with zero attached hydrogens (tertiary/aromatic N) is 2. The predicted octanol–water partition coefficient (Wildman–Crippen LogP) is 3.33. The summed E-state index contributed by atoms with van der Waals surface area (Å²) in [5.41, 5.74) is 1.06. The minimum Gasteiger partial charge on any atom is -0.370 e. The molecule has 2 heterocycles. The van der Waals surface area contributed by atoms with Crippen molar-refractivity contribution in [2.45, 2.75) is 18.9 Å². The lowest BCUT2D eigenvalue weighted by Crippen LogP contribution is -2.42. The van der Waals surface area contributed by atoms with E-state index in [1.807, 2.05) is 34.5 Å². The molecule has 0 saturated carbocycles. The van der Waals surface area contributed by atoms with Gasteiger partial charge in [0.1, 0.15) is 6.10 Å². The second kappa shape index (κ2) is 7.22. The number of hydrogen-bond acceptors (Lipinski definition) is 4. The highest BCUT2D eigenvalue weighted by Gasteiger charge is 2.25. The molecular formula is C16H17ClN2O2S. The van der Waals surface area contributed by atoms with Gasteiger partial charge in [-0.05, 0) is 17.7 Å². The monoisotopic (exact) mass is 336 g/mol. The van der Waals surface area contributed by atoms with E-state index in [9.17, 15) is 4.79 Å². The number of rotatable bonds is 4. The number of ether oxygens (including phenoxy) is 1. The van der Waals surface area contributed by atoms with Gasteiger partial charge in [-0.15, -0.1) is 11.3 Å². The molecule has 116 valence electrons. The molecule has 1 aromatic carbocycles. The minimum atomic E-state index is -0.0742. The summed E-state index contributed by atoms with van der Waals surface area (Å²) in [6.45, 7) is 1.81. The van der Waals surface area contributed by atoms with Crippen LogP contribution in [0.5, 0.6) is 0 Å². The number of morpholine rings is 1. The molecule has 1 atom stereocenters. The van der Waals surface area contributed by atoms with Crippen LogP contribution < -0.4 is 0 Å². The second-order valence-electron chi connectivity index (χ2n) is 5.18. The van der Waals surface area contributed by atoms with Crippen LogP contribution in [0.3, 0.4) is 0 Å². The van der Waals surface area contributed by atoms with Gasteiger partial charge in [-0.1, -0.05) is 23.7 Å². The highest BCUT2D eigenvalue weighted by molar-refractivity contribution is 7.09. The number of thiazole rings is 1. The van der Waals surface area contributed by atoms with Gasteiger partial charge in [-0.3, -0.25) is 4.79 Å². The lowest BCUT2D eigenvalue weighted by Gasteiger charge is -2.33. The molecule has 22 heavy (non-hydrogen) atoms. The Kier molecular flexibility index (Phi) is 5.08. The Balaban J connectivity index is 1.57. The molecule has 0 unspecified atom stereocenters.